The number of benzene rings is 1. The standard InChI is InChI=1S/C14H23N3O2/c1-4-17(5-2)9-8-10-12(16-3)7-6-11(13(10)18)14(15)19/h6-7,16,18H,4-5,8-9H2,1-3H3,(H2,15,19). The molecule has 1 rings (SSSR count). The van der Waals surface area contributed by atoms with Crippen molar-refractivity contribution in [2.45, 2.75) is 20.3 Å². The molecular formula is C14H23N3O2. The van der Waals surface area contributed by atoms with E-state index in [9.17, 15) is 9.90 Å². The van der Waals surface area contributed by atoms with Crippen LogP contribution >= 0.6 is 0 Å². The highest BCUT2D eigenvalue weighted by atomic mass is 16.3. The zero-order valence-corrected chi connectivity index (χ0v) is 11.9. The molecule has 0 saturated carbocycles. The van der Waals surface area contributed by atoms with Crippen LogP contribution < -0.4 is 11.1 Å². The molecule has 1 aromatic rings. The summed E-state index contributed by atoms with van der Waals surface area (Å²) in [4.78, 5) is 13.5. The molecule has 0 radical (unpaired) electrons. The molecule has 0 unspecified atom stereocenters. The quantitative estimate of drug-likeness (QED) is 0.696. The number of rotatable bonds is 7. The second kappa shape index (κ2) is 6.99. The van der Waals surface area contributed by atoms with Crippen molar-refractivity contribution < 1.29 is 9.90 Å². The Balaban J connectivity index is 3.02. The fourth-order valence-corrected chi connectivity index (χ4v) is 2.13. The number of nitrogens with one attached hydrogen (secondary N) is 1. The van der Waals surface area contributed by atoms with Gasteiger partial charge in [0.1, 0.15) is 5.75 Å². The lowest BCUT2D eigenvalue weighted by molar-refractivity contribution is 0.0997. The summed E-state index contributed by atoms with van der Waals surface area (Å²) in [7, 11) is 1.79. The number of hydrogen-bond donors (Lipinski definition) is 3. The fraction of sp³-hybridized carbons (Fsp3) is 0.500. The lowest BCUT2D eigenvalue weighted by Gasteiger charge is -2.20. The Kier molecular flexibility index (Phi) is 5.63. The van der Waals surface area contributed by atoms with Gasteiger partial charge in [-0.1, -0.05) is 13.8 Å². The van der Waals surface area contributed by atoms with Crippen LogP contribution in [0.2, 0.25) is 0 Å². The maximum Gasteiger partial charge on any atom is 0.252 e. The summed E-state index contributed by atoms with van der Waals surface area (Å²) in [6.45, 7) is 6.95. The molecule has 0 aromatic heterocycles. The third-order valence-electron chi connectivity index (χ3n) is 3.39. The Labute approximate surface area is 114 Å². The number of primary amides is 1. The topological polar surface area (TPSA) is 78.6 Å². The molecule has 0 saturated heterocycles. The van der Waals surface area contributed by atoms with Crippen molar-refractivity contribution in [3.05, 3.63) is 23.3 Å². The van der Waals surface area contributed by atoms with Gasteiger partial charge in [-0.05, 0) is 31.6 Å². The van der Waals surface area contributed by atoms with Crippen molar-refractivity contribution in [1.29, 1.82) is 0 Å². The molecule has 19 heavy (non-hydrogen) atoms. The summed E-state index contributed by atoms with van der Waals surface area (Å²) < 4.78 is 0. The molecule has 5 heteroatoms. The van der Waals surface area contributed by atoms with E-state index < -0.39 is 5.91 Å². The molecule has 106 valence electrons. The van der Waals surface area contributed by atoms with Crippen LogP contribution in [0.15, 0.2) is 12.1 Å². The van der Waals surface area contributed by atoms with Crippen LogP contribution in [0.4, 0.5) is 5.69 Å². The van der Waals surface area contributed by atoms with Gasteiger partial charge in [0.25, 0.3) is 5.91 Å². The number of carbonyl (C=O) groups excluding carboxylic acids is 1. The molecule has 0 aliphatic rings. The number of likely N-dealkylation sites (N-methyl/N-ethyl adjacent to an activating group) is 1. The maximum absolute atomic E-state index is 11.3. The van der Waals surface area contributed by atoms with Crippen molar-refractivity contribution in [1.82, 2.24) is 4.90 Å². The third-order valence-corrected chi connectivity index (χ3v) is 3.39. The van der Waals surface area contributed by atoms with Crippen LogP contribution in [0.1, 0.15) is 29.8 Å². The minimum Gasteiger partial charge on any atom is -0.507 e. The van der Waals surface area contributed by atoms with Crippen molar-refractivity contribution >= 4 is 11.6 Å². The Hall–Kier alpha value is -1.75. The molecule has 0 fully saturated rings. The Morgan fingerprint density at radius 2 is 2.00 bits per heavy atom. The lowest BCUT2D eigenvalue weighted by atomic mass is 10.0. The summed E-state index contributed by atoms with van der Waals surface area (Å²) >= 11 is 0. The number of hydrogen-bond acceptors (Lipinski definition) is 4. The van der Waals surface area contributed by atoms with E-state index in [4.69, 9.17) is 5.73 Å². The third kappa shape index (κ3) is 3.61. The van der Waals surface area contributed by atoms with Gasteiger partial charge >= 0.3 is 0 Å². The molecule has 0 aliphatic heterocycles. The van der Waals surface area contributed by atoms with Gasteiger partial charge in [0, 0.05) is 24.8 Å². The van der Waals surface area contributed by atoms with Crippen molar-refractivity contribution in [3.63, 3.8) is 0 Å². The summed E-state index contributed by atoms with van der Waals surface area (Å²) in [6.07, 6.45) is 0.671. The first-order valence-electron chi connectivity index (χ1n) is 6.59. The summed E-state index contributed by atoms with van der Waals surface area (Å²) in [5.74, 6) is -0.615. The van der Waals surface area contributed by atoms with Gasteiger partial charge in [-0.2, -0.15) is 0 Å². The van der Waals surface area contributed by atoms with Gasteiger partial charge in [-0.3, -0.25) is 4.79 Å². The number of carbonyl (C=O) groups is 1. The van der Waals surface area contributed by atoms with Gasteiger partial charge in [-0.25, -0.2) is 0 Å². The van der Waals surface area contributed by atoms with Crippen LogP contribution in [0.5, 0.6) is 5.75 Å². The molecule has 1 amide bonds. The van der Waals surface area contributed by atoms with Crippen LogP contribution in [0.25, 0.3) is 0 Å². The highest BCUT2D eigenvalue weighted by molar-refractivity contribution is 5.96. The molecule has 1 aromatic carbocycles. The molecule has 0 atom stereocenters. The second-order valence-electron chi connectivity index (χ2n) is 4.38. The second-order valence-corrected chi connectivity index (χ2v) is 4.38. The normalized spacial score (nSPS) is 10.7. The number of anilines is 1. The van der Waals surface area contributed by atoms with Crippen LogP contribution in [-0.2, 0) is 6.42 Å². The van der Waals surface area contributed by atoms with Crippen LogP contribution in [0, 0.1) is 0 Å². The van der Waals surface area contributed by atoms with E-state index in [-0.39, 0.29) is 11.3 Å². The summed E-state index contributed by atoms with van der Waals surface area (Å²) in [5, 5.41) is 13.2. The van der Waals surface area contributed by atoms with E-state index in [0.717, 1.165) is 30.9 Å². The average molecular weight is 265 g/mol. The molecule has 0 aliphatic carbocycles. The highest BCUT2D eigenvalue weighted by Gasteiger charge is 2.15. The Bertz CT molecular complexity index is 443. The van der Waals surface area contributed by atoms with Gasteiger partial charge in [0.15, 0.2) is 0 Å². The van der Waals surface area contributed by atoms with Crippen LogP contribution in [-0.4, -0.2) is 42.6 Å². The Morgan fingerprint density at radius 3 is 2.47 bits per heavy atom. The first kappa shape index (κ1) is 15.3. The zero-order valence-electron chi connectivity index (χ0n) is 11.9. The SMILES string of the molecule is CCN(CC)CCc1c(NC)ccc(C(N)=O)c1O. The van der Waals surface area contributed by atoms with Gasteiger partial charge < -0.3 is 21.1 Å². The van der Waals surface area contributed by atoms with E-state index in [2.05, 4.69) is 24.1 Å². The minimum absolute atomic E-state index is 0.00786. The number of nitrogens with two attached hydrogens (primary N) is 1. The number of amides is 1. The number of aromatic hydroxyl groups is 1. The molecular weight excluding hydrogens is 242 g/mol. The fourth-order valence-electron chi connectivity index (χ4n) is 2.13. The smallest absolute Gasteiger partial charge is 0.252 e. The van der Waals surface area contributed by atoms with E-state index >= 15 is 0 Å². The van der Waals surface area contributed by atoms with Gasteiger partial charge in [-0.15, -0.1) is 0 Å². The molecule has 5 nitrogen and oxygen atoms in total. The largest absolute Gasteiger partial charge is 0.507 e. The maximum atomic E-state index is 11.3. The van der Waals surface area contributed by atoms with Gasteiger partial charge in [0.2, 0.25) is 0 Å². The van der Waals surface area contributed by atoms with Crippen molar-refractivity contribution in [3.8, 4) is 5.75 Å². The Morgan fingerprint density at radius 1 is 1.37 bits per heavy atom. The monoisotopic (exact) mass is 265 g/mol. The average Bonchev–Trinajstić information content (AvgIpc) is 2.40. The van der Waals surface area contributed by atoms with E-state index in [1.165, 1.54) is 0 Å². The molecule has 4 N–H and O–H groups in total. The molecule has 0 heterocycles. The van der Waals surface area contributed by atoms with Crippen molar-refractivity contribution in [2.24, 2.45) is 5.73 Å². The predicted molar refractivity (Wildman–Crippen MR) is 77.7 cm³/mol. The summed E-state index contributed by atoms with van der Waals surface area (Å²) in [6, 6.07) is 3.32. The number of phenols is 1. The van der Waals surface area contributed by atoms with E-state index in [1.807, 2.05) is 0 Å². The zero-order chi connectivity index (χ0) is 14.4. The minimum atomic E-state index is -0.607. The highest BCUT2D eigenvalue weighted by Crippen LogP contribution is 2.30. The summed E-state index contributed by atoms with van der Waals surface area (Å²) in [5.41, 5.74) is 7.00. The predicted octanol–water partition coefficient (Wildman–Crippen LogP) is 1.42. The van der Waals surface area contributed by atoms with Gasteiger partial charge in [0.05, 0.1) is 5.56 Å². The number of nitrogens with zero attached hydrogens (tertiary/aromatic N) is 1. The first-order chi connectivity index (χ1) is 9.04. The van der Waals surface area contributed by atoms with Crippen molar-refractivity contribution in [2.75, 3.05) is 32.0 Å². The first-order valence-corrected chi connectivity index (χ1v) is 6.59. The molecule has 0 bridgehead atoms. The molecule has 0 spiro atoms. The lowest BCUT2D eigenvalue weighted by Crippen LogP contribution is -2.25. The van der Waals surface area contributed by atoms with Crippen LogP contribution in [0.3, 0.4) is 0 Å². The van der Waals surface area contributed by atoms with E-state index in [1.54, 1.807) is 19.2 Å². The van der Waals surface area contributed by atoms with E-state index in [0.29, 0.717) is 6.42 Å².